The van der Waals surface area contributed by atoms with Crippen LogP contribution in [-0.4, -0.2) is 50.1 Å². The fourth-order valence-electron chi connectivity index (χ4n) is 3.00. The van der Waals surface area contributed by atoms with E-state index in [9.17, 15) is 4.39 Å². The van der Waals surface area contributed by atoms with Gasteiger partial charge in [0.15, 0.2) is 5.96 Å². The zero-order chi connectivity index (χ0) is 16.7. The Hall–Kier alpha value is -0.890. The lowest BCUT2D eigenvalue weighted by atomic mass is 10.1. The van der Waals surface area contributed by atoms with Crippen LogP contribution in [0.2, 0.25) is 0 Å². The molecular formula is C18H30FIN4. The van der Waals surface area contributed by atoms with Crippen LogP contribution in [0.15, 0.2) is 23.2 Å². The summed E-state index contributed by atoms with van der Waals surface area (Å²) >= 11 is 0. The Morgan fingerprint density at radius 1 is 1.38 bits per heavy atom. The number of likely N-dealkylation sites (tertiary alicyclic amines) is 1. The van der Waals surface area contributed by atoms with Gasteiger partial charge in [-0.2, -0.15) is 0 Å². The van der Waals surface area contributed by atoms with Crippen LogP contribution in [0.5, 0.6) is 0 Å². The number of hydrogen-bond donors (Lipinski definition) is 2. The quantitative estimate of drug-likeness (QED) is 0.400. The highest BCUT2D eigenvalue weighted by Gasteiger charge is 2.20. The molecule has 0 aromatic heterocycles. The van der Waals surface area contributed by atoms with Crippen LogP contribution in [0.3, 0.4) is 0 Å². The smallest absolute Gasteiger partial charge is 0.191 e. The number of rotatable bonds is 6. The summed E-state index contributed by atoms with van der Waals surface area (Å²) in [5.41, 5.74) is 2.17. The van der Waals surface area contributed by atoms with E-state index in [2.05, 4.69) is 29.5 Å². The molecule has 0 spiro atoms. The summed E-state index contributed by atoms with van der Waals surface area (Å²) in [4.78, 5) is 7.09. The van der Waals surface area contributed by atoms with Crippen molar-refractivity contribution in [2.45, 2.75) is 39.2 Å². The highest BCUT2D eigenvalue weighted by Crippen LogP contribution is 2.14. The van der Waals surface area contributed by atoms with Gasteiger partial charge in [-0.05, 0) is 70.0 Å². The predicted molar refractivity (Wildman–Crippen MR) is 110 cm³/mol. The minimum Gasteiger partial charge on any atom is -0.357 e. The molecule has 0 saturated carbocycles. The Labute approximate surface area is 162 Å². The van der Waals surface area contributed by atoms with E-state index in [-0.39, 0.29) is 29.8 Å². The van der Waals surface area contributed by atoms with Gasteiger partial charge in [-0.15, -0.1) is 24.0 Å². The van der Waals surface area contributed by atoms with Gasteiger partial charge in [0.2, 0.25) is 0 Å². The summed E-state index contributed by atoms with van der Waals surface area (Å²) < 4.78 is 13.1. The molecule has 1 aromatic carbocycles. The molecule has 2 N–H and O–H groups in total. The maximum atomic E-state index is 13.1. The van der Waals surface area contributed by atoms with E-state index >= 15 is 0 Å². The molecule has 0 aliphatic carbocycles. The molecule has 24 heavy (non-hydrogen) atoms. The maximum absolute atomic E-state index is 13.1. The Kier molecular flexibility index (Phi) is 9.58. The average molecular weight is 448 g/mol. The number of hydrogen-bond acceptors (Lipinski definition) is 2. The van der Waals surface area contributed by atoms with E-state index in [1.807, 2.05) is 13.0 Å². The molecule has 1 aliphatic heterocycles. The zero-order valence-corrected chi connectivity index (χ0v) is 17.3. The summed E-state index contributed by atoms with van der Waals surface area (Å²) in [6.07, 6.45) is 3.36. The molecule has 0 radical (unpaired) electrons. The van der Waals surface area contributed by atoms with Crippen molar-refractivity contribution >= 4 is 29.9 Å². The van der Waals surface area contributed by atoms with Crippen LogP contribution in [-0.2, 0) is 6.42 Å². The lowest BCUT2D eigenvalue weighted by Crippen LogP contribution is -2.39. The van der Waals surface area contributed by atoms with Crippen LogP contribution in [0.1, 0.15) is 30.9 Å². The molecule has 0 amide bonds. The molecule has 1 aromatic rings. The summed E-state index contributed by atoms with van der Waals surface area (Å²) in [6.45, 7) is 7.67. The molecule has 6 heteroatoms. The molecule has 4 nitrogen and oxygen atoms in total. The molecule has 0 bridgehead atoms. The van der Waals surface area contributed by atoms with Crippen molar-refractivity contribution in [3.05, 3.63) is 35.1 Å². The summed E-state index contributed by atoms with van der Waals surface area (Å²) in [6, 6.07) is 5.54. The van der Waals surface area contributed by atoms with Gasteiger partial charge in [0.05, 0.1) is 6.54 Å². The summed E-state index contributed by atoms with van der Waals surface area (Å²) in [7, 11) is 2.17. The molecular weight excluding hydrogens is 418 g/mol. The number of aliphatic imine (C=N–C) groups is 1. The normalized spacial score (nSPS) is 18.3. The number of halogens is 2. The number of likely N-dealkylation sites (N-methyl/N-ethyl adjacent to an activating group) is 1. The molecule has 2 rings (SSSR count). The predicted octanol–water partition coefficient (Wildman–Crippen LogP) is 2.94. The first kappa shape index (κ1) is 21.2. The van der Waals surface area contributed by atoms with Gasteiger partial charge in [0, 0.05) is 19.1 Å². The first-order valence-electron chi connectivity index (χ1n) is 8.57. The van der Waals surface area contributed by atoms with Gasteiger partial charge < -0.3 is 15.5 Å². The second kappa shape index (κ2) is 10.9. The zero-order valence-electron chi connectivity index (χ0n) is 14.9. The third kappa shape index (κ3) is 6.55. The van der Waals surface area contributed by atoms with E-state index in [0.717, 1.165) is 37.6 Å². The molecule has 1 saturated heterocycles. The van der Waals surface area contributed by atoms with E-state index in [0.29, 0.717) is 6.04 Å². The van der Waals surface area contributed by atoms with E-state index in [1.54, 1.807) is 6.07 Å². The molecule has 1 heterocycles. The third-order valence-electron chi connectivity index (χ3n) is 4.47. The van der Waals surface area contributed by atoms with Gasteiger partial charge in [-0.25, -0.2) is 4.39 Å². The van der Waals surface area contributed by atoms with Crippen LogP contribution < -0.4 is 10.6 Å². The van der Waals surface area contributed by atoms with Crippen molar-refractivity contribution in [2.75, 3.05) is 33.2 Å². The van der Waals surface area contributed by atoms with Gasteiger partial charge in [-0.3, -0.25) is 4.99 Å². The van der Waals surface area contributed by atoms with Crippen LogP contribution in [0.4, 0.5) is 4.39 Å². The monoisotopic (exact) mass is 448 g/mol. The summed E-state index contributed by atoms with van der Waals surface area (Å²) in [5, 5.41) is 6.67. The fourth-order valence-corrected chi connectivity index (χ4v) is 3.00. The Balaban J connectivity index is 0.00000288. The average Bonchev–Trinajstić information content (AvgIpc) is 2.92. The van der Waals surface area contributed by atoms with Gasteiger partial charge in [0.25, 0.3) is 0 Å². The number of guanidine groups is 1. The minimum atomic E-state index is -0.171. The third-order valence-corrected chi connectivity index (χ3v) is 4.47. The number of nitrogens with zero attached hydrogens (tertiary/aromatic N) is 2. The first-order valence-corrected chi connectivity index (χ1v) is 8.57. The highest BCUT2D eigenvalue weighted by atomic mass is 127. The van der Waals surface area contributed by atoms with E-state index in [1.165, 1.54) is 31.0 Å². The molecule has 1 fully saturated rings. The number of nitrogens with one attached hydrogen (secondary N) is 2. The van der Waals surface area contributed by atoms with Crippen LogP contribution >= 0.6 is 24.0 Å². The van der Waals surface area contributed by atoms with Crippen molar-refractivity contribution in [2.24, 2.45) is 4.99 Å². The van der Waals surface area contributed by atoms with E-state index in [4.69, 9.17) is 4.99 Å². The fraction of sp³-hybridized carbons (Fsp3) is 0.611. The second-order valence-electron chi connectivity index (χ2n) is 6.24. The maximum Gasteiger partial charge on any atom is 0.191 e. The van der Waals surface area contributed by atoms with Crippen molar-refractivity contribution in [1.82, 2.24) is 15.5 Å². The largest absolute Gasteiger partial charge is 0.357 e. The van der Waals surface area contributed by atoms with Crippen molar-refractivity contribution in [3.63, 3.8) is 0 Å². The van der Waals surface area contributed by atoms with Crippen molar-refractivity contribution in [3.8, 4) is 0 Å². The Morgan fingerprint density at radius 2 is 2.17 bits per heavy atom. The highest BCUT2D eigenvalue weighted by molar-refractivity contribution is 14.0. The molecule has 1 unspecified atom stereocenters. The van der Waals surface area contributed by atoms with Gasteiger partial charge in [-0.1, -0.05) is 6.07 Å². The van der Waals surface area contributed by atoms with Gasteiger partial charge in [0.1, 0.15) is 5.82 Å². The van der Waals surface area contributed by atoms with E-state index < -0.39 is 0 Å². The topological polar surface area (TPSA) is 39.7 Å². The first-order chi connectivity index (χ1) is 11.1. The second-order valence-corrected chi connectivity index (χ2v) is 6.24. The van der Waals surface area contributed by atoms with Crippen molar-refractivity contribution < 1.29 is 4.39 Å². The Morgan fingerprint density at radius 3 is 2.79 bits per heavy atom. The Bertz CT molecular complexity index is 536. The number of aryl methyl sites for hydroxylation is 1. The standard InChI is InChI=1S/C18H29FN4.HI/c1-4-20-18(22-13-17-6-5-11-23(17)3)21-10-9-15-7-8-16(19)12-14(15)2;/h7-8,12,17H,4-6,9-11,13H2,1-3H3,(H2,20,21,22);1H. The lowest BCUT2D eigenvalue weighted by Gasteiger charge is -2.18. The molecule has 1 atom stereocenters. The SMILES string of the molecule is CCNC(=NCC1CCCN1C)NCCc1ccc(F)cc1C.I. The minimum absolute atomic E-state index is 0. The van der Waals surface area contributed by atoms with Crippen LogP contribution in [0.25, 0.3) is 0 Å². The van der Waals surface area contributed by atoms with Crippen LogP contribution in [0, 0.1) is 12.7 Å². The summed E-state index contributed by atoms with van der Waals surface area (Å²) in [5.74, 6) is 0.697. The number of benzene rings is 1. The van der Waals surface area contributed by atoms with Gasteiger partial charge >= 0.3 is 0 Å². The molecule has 1 aliphatic rings. The molecule has 136 valence electrons. The van der Waals surface area contributed by atoms with Crippen molar-refractivity contribution in [1.29, 1.82) is 0 Å². The lowest BCUT2D eigenvalue weighted by molar-refractivity contribution is 0.317.